The lowest BCUT2D eigenvalue weighted by molar-refractivity contribution is 0.0740. The van der Waals surface area contributed by atoms with Gasteiger partial charge < -0.3 is 10.2 Å². The molecule has 21 heavy (non-hydrogen) atoms. The van der Waals surface area contributed by atoms with Gasteiger partial charge in [0.15, 0.2) is 15.5 Å². The van der Waals surface area contributed by atoms with Gasteiger partial charge in [-0.05, 0) is 31.4 Å². The van der Waals surface area contributed by atoms with E-state index in [2.05, 4.69) is 15.5 Å². The number of amides is 1. The van der Waals surface area contributed by atoms with Gasteiger partial charge in [-0.15, -0.1) is 10.2 Å². The molecule has 8 heteroatoms. The summed E-state index contributed by atoms with van der Waals surface area (Å²) >= 11 is 0. The number of rotatable bonds is 4. The first-order valence-electron chi connectivity index (χ1n) is 7.02. The molecule has 1 aliphatic heterocycles. The zero-order valence-corrected chi connectivity index (χ0v) is 12.6. The van der Waals surface area contributed by atoms with E-state index in [9.17, 15) is 13.2 Å². The van der Waals surface area contributed by atoms with Crippen molar-refractivity contribution in [2.24, 2.45) is 0 Å². The van der Waals surface area contributed by atoms with Crippen molar-refractivity contribution in [1.29, 1.82) is 0 Å². The van der Waals surface area contributed by atoms with Crippen LogP contribution in [0.2, 0.25) is 0 Å². The highest BCUT2D eigenvalue weighted by molar-refractivity contribution is 7.91. The minimum atomic E-state index is -3.01. The molecule has 0 radical (unpaired) electrons. The van der Waals surface area contributed by atoms with Crippen molar-refractivity contribution in [2.75, 3.05) is 23.9 Å². The smallest absolute Gasteiger partial charge is 0.274 e. The van der Waals surface area contributed by atoms with Crippen LogP contribution in [0.1, 0.15) is 29.8 Å². The quantitative estimate of drug-likeness (QED) is 0.860. The molecular formula is C13H18N4O3S. The van der Waals surface area contributed by atoms with Crippen LogP contribution in [0.15, 0.2) is 12.1 Å². The van der Waals surface area contributed by atoms with E-state index in [0.717, 1.165) is 12.8 Å². The summed E-state index contributed by atoms with van der Waals surface area (Å²) in [5.41, 5.74) is 0.239. The van der Waals surface area contributed by atoms with Gasteiger partial charge in [-0.25, -0.2) is 8.42 Å². The Morgan fingerprint density at radius 1 is 1.29 bits per heavy atom. The fourth-order valence-corrected chi connectivity index (χ4v) is 4.16. The molecule has 0 bridgehead atoms. The molecule has 1 saturated carbocycles. The van der Waals surface area contributed by atoms with Crippen molar-refractivity contribution in [2.45, 2.75) is 31.3 Å². The molecule has 1 atom stereocenters. The zero-order valence-electron chi connectivity index (χ0n) is 11.8. The fourth-order valence-electron chi connectivity index (χ4n) is 2.39. The monoisotopic (exact) mass is 310 g/mol. The highest BCUT2D eigenvalue weighted by Gasteiger charge is 2.33. The molecule has 3 rings (SSSR count). The summed E-state index contributed by atoms with van der Waals surface area (Å²) in [6.45, 7) is 0. The summed E-state index contributed by atoms with van der Waals surface area (Å²) in [4.78, 5) is 13.8. The van der Waals surface area contributed by atoms with E-state index < -0.39 is 9.84 Å². The average Bonchev–Trinajstić information content (AvgIpc) is 3.19. The van der Waals surface area contributed by atoms with Crippen LogP contribution in [0.3, 0.4) is 0 Å². The standard InChI is InChI=1S/C13H18N4O3S/c1-17(10-6-7-21(19,20)8-10)13(18)11-4-5-12(16-15-11)14-9-2-3-9/h4-5,9-10H,2-3,6-8H2,1H3,(H,14,16). The second-order valence-corrected chi connectivity index (χ2v) is 7.92. The van der Waals surface area contributed by atoms with Crippen molar-refractivity contribution in [3.8, 4) is 0 Å². The number of nitrogens with zero attached hydrogens (tertiary/aromatic N) is 3. The Kier molecular flexibility index (Phi) is 3.56. The Morgan fingerprint density at radius 2 is 2.05 bits per heavy atom. The molecule has 0 aromatic carbocycles. The van der Waals surface area contributed by atoms with Crippen molar-refractivity contribution in [3.63, 3.8) is 0 Å². The number of anilines is 1. The van der Waals surface area contributed by atoms with E-state index in [1.165, 1.54) is 4.90 Å². The van der Waals surface area contributed by atoms with Gasteiger partial charge in [0.1, 0.15) is 5.82 Å². The number of carbonyl (C=O) groups is 1. The Balaban J connectivity index is 1.66. The average molecular weight is 310 g/mol. The van der Waals surface area contributed by atoms with Gasteiger partial charge in [-0.2, -0.15) is 0 Å². The van der Waals surface area contributed by atoms with Gasteiger partial charge in [-0.3, -0.25) is 4.79 Å². The first-order valence-corrected chi connectivity index (χ1v) is 8.84. The van der Waals surface area contributed by atoms with Crippen molar-refractivity contribution >= 4 is 21.6 Å². The van der Waals surface area contributed by atoms with Crippen molar-refractivity contribution in [1.82, 2.24) is 15.1 Å². The van der Waals surface area contributed by atoms with Crippen molar-refractivity contribution < 1.29 is 13.2 Å². The highest BCUT2D eigenvalue weighted by atomic mass is 32.2. The maximum atomic E-state index is 12.3. The topological polar surface area (TPSA) is 92.3 Å². The molecule has 1 amide bonds. The van der Waals surface area contributed by atoms with E-state index in [4.69, 9.17) is 0 Å². The third-order valence-electron chi connectivity index (χ3n) is 3.89. The Labute approximate surface area is 123 Å². The van der Waals surface area contributed by atoms with Crippen molar-refractivity contribution in [3.05, 3.63) is 17.8 Å². The summed E-state index contributed by atoms with van der Waals surface area (Å²) in [6.07, 6.45) is 2.77. The van der Waals surface area contributed by atoms with Crippen LogP contribution < -0.4 is 5.32 Å². The maximum absolute atomic E-state index is 12.3. The van der Waals surface area contributed by atoms with Gasteiger partial charge >= 0.3 is 0 Å². The Morgan fingerprint density at radius 3 is 2.57 bits per heavy atom. The molecule has 1 unspecified atom stereocenters. The number of nitrogens with one attached hydrogen (secondary N) is 1. The van der Waals surface area contributed by atoms with Gasteiger partial charge in [-0.1, -0.05) is 0 Å². The van der Waals surface area contributed by atoms with Crippen LogP contribution in [-0.2, 0) is 9.84 Å². The number of carbonyl (C=O) groups excluding carboxylic acids is 1. The molecule has 1 saturated heterocycles. The summed E-state index contributed by atoms with van der Waals surface area (Å²) in [6, 6.07) is 3.57. The van der Waals surface area contributed by atoms with E-state index in [1.807, 2.05) is 0 Å². The van der Waals surface area contributed by atoms with E-state index >= 15 is 0 Å². The van der Waals surface area contributed by atoms with Crippen LogP contribution in [0.5, 0.6) is 0 Å². The first kappa shape index (κ1) is 14.2. The van der Waals surface area contributed by atoms with Gasteiger partial charge in [0, 0.05) is 19.1 Å². The second kappa shape index (κ2) is 5.25. The van der Waals surface area contributed by atoms with Crippen LogP contribution in [-0.4, -0.2) is 60.1 Å². The molecule has 1 N–H and O–H groups in total. The van der Waals surface area contributed by atoms with Gasteiger partial charge in [0.25, 0.3) is 5.91 Å². The van der Waals surface area contributed by atoms with E-state index in [-0.39, 0.29) is 29.1 Å². The molecule has 0 spiro atoms. The zero-order chi connectivity index (χ0) is 15.0. The molecule has 114 valence electrons. The Bertz CT molecular complexity index is 640. The molecule has 1 aromatic heterocycles. The lowest BCUT2D eigenvalue weighted by Crippen LogP contribution is -2.38. The predicted octanol–water partition coefficient (Wildman–Crippen LogP) is 0.310. The lowest BCUT2D eigenvalue weighted by atomic mass is 10.2. The van der Waals surface area contributed by atoms with Crippen LogP contribution in [0.4, 0.5) is 5.82 Å². The summed E-state index contributed by atoms with van der Waals surface area (Å²) in [5, 5.41) is 11.1. The molecule has 1 aromatic rings. The van der Waals surface area contributed by atoms with Crippen LogP contribution in [0, 0.1) is 0 Å². The minimum Gasteiger partial charge on any atom is -0.366 e. The summed E-state index contributed by atoms with van der Waals surface area (Å²) in [7, 11) is -1.39. The number of aromatic nitrogens is 2. The van der Waals surface area contributed by atoms with Gasteiger partial charge in [0.2, 0.25) is 0 Å². The maximum Gasteiger partial charge on any atom is 0.274 e. The second-order valence-electron chi connectivity index (χ2n) is 5.70. The summed E-state index contributed by atoms with van der Waals surface area (Å²) in [5.74, 6) is 0.553. The van der Waals surface area contributed by atoms with E-state index in [0.29, 0.717) is 18.3 Å². The molecule has 2 heterocycles. The molecule has 1 aliphatic carbocycles. The molecule has 2 fully saturated rings. The fraction of sp³-hybridized carbons (Fsp3) is 0.615. The Hall–Kier alpha value is -1.70. The van der Waals surface area contributed by atoms with Crippen LogP contribution >= 0.6 is 0 Å². The SMILES string of the molecule is CN(C(=O)c1ccc(NC2CC2)nn1)C1CCS(=O)(=O)C1. The predicted molar refractivity (Wildman–Crippen MR) is 77.8 cm³/mol. The van der Waals surface area contributed by atoms with E-state index in [1.54, 1.807) is 19.2 Å². The number of sulfone groups is 1. The third-order valence-corrected chi connectivity index (χ3v) is 5.64. The first-order chi connectivity index (χ1) is 9.94. The summed E-state index contributed by atoms with van der Waals surface area (Å²) < 4.78 is 23.0. The number of hydrogen-bond acceptors (Lipinski definition) is 6. The minimum absolute atomic E-state index is 0.0317. The molecular weight excluding hydrogens is 292 g/mol. The largest absolute Gasteiger partial charge is 0.366 e. The number of hydrogen-bond donors (Lipinski definition) is 1. The third kappa shape index (κ3) is 3.31. The highest BCUT2D eigenvalue weighted by Crippen LogP contribution is 2.23. The van der Waals surface area contributed by atoms with Gasteiger partial charge in [0.05, 0.1) is 11.5 Å². The lowest BCUT2D eigenvalue weighted by Gasteiger charge is -2.22. The normalized spacial score (nSPS) is 23.8. The van der Waals surface area contributed by atoms with Crippen LogP contribution in [0.25, 0.3) is 0 Å². The molecule has 2 aliphatic rings. The molecule has 7 nitrogen and oxygen atoms in total.